The van der Waals surface area contributed by atoms with E-state index < -0.39 is 4.92 Å². The molecule has 8 nitrogen and oxygen atoms in total. The number of ether oxygens (including phenoxy) is 2. The molecule has 3 aromatic rings. The van der Waals surface area contributed by atoms with E-state index in [0.717, 1.165) is 20.3 Å². The van der Waals surface area contributed by atoms with Crippen molar-refractivity contribution in [3.63, 3.8) is 0 Å². The molecule has 1 heterocycles. The van der Waals surface area contributed by atoms with Crippen LogP contribution in [0.4, 0.5) is 11.6 Å². The van der Waals surface area contributed by atoms with Crippen LogP contribution in [0.1, 0.15) is 34.9 Å². The molecule has 0 saturated carbocycles. The second kappa shape index (κ2) is 10.3. The van der Waals surface area contributed by atoms with Crippen molar-refractivity contribution in [3.05, 3.63) is 78.1 Å². The zero-order chi connectivity index (χ0) is 23.3. The summed E-state index contributed by atoms with van der Waals surface area (Å²) in [6.07, 6.45) is 1.61. The maximum absolute atomic E-state index is 10.8. The van der Waals surface area contributed by atoms with Gasteiger partial charge in [0.25, 0.3) is 5.69 Å². The van der Waals surface area contributed by atoms with E-state index in [-0.39, 0.29) is 18.2 Å². The minimum absolute atomic E-state index is 0.0310. The summed E-state index contributed by atoms with van der Waals surface area (Å²) in [6, 6.07) is 12.0. The molecule has 0 amide bonds. The summed E-state index contributed by atoms with van der Waals surface area (Å²) in [5.74, 6) is 2.06. The van der Waals surface area contributed by atoms with Crippen molar-refractivity contribution in [2.75, 3.05) is 6.61 Å². The molecule has 0 fully saturated rings. The predicted octanol–water partition coefficient (Wildman–Crippen LogP) is 6.01. The normalized spacial score (nSPS) is 10.8. The van der Waals surface area contributed by atoms with Gasteiger partial charge < -0.3 is 13.9 Å². The summed E-state index contributed by atoms with van der Waals surface area (Å²) in [6.45, 7) is 6.17. The smallest absolute Gasteiger partial charge is 0.269 e. The van der Waals surface area contributed by atoms with E-state index in [4.69, 9.17) is 13.9 Å². The van der Waals surface area contributed by atoms with Crippen molar-refractivity contribution >= 4 is 40.4 Å². The van der Waals surface area contributed by atoms with Crippen molar-refractivity contribution in [2.24, 2.45) is 4.99 Å². The SMILES string of the molecule is CCOc1cc(C=Nc2oc(C)c(C)c2C#N)cc(I)c1OCc1ccc([N+](=O)[O-])cc1. The molecule has 0 saturated heterocycles. The zero-order valence-corrected chi connectivity index (χ0v) is 19.9. The van der Waals surface area contributed by atoms with Gasteiger partial charge in [0.05, 0.1) is 15.1 Å². The number of aryl methyl sites for hydroxylation is 1. The molecule has 0 aliphatic heterocycles. The number of rotatable bonds is 8. The van der Waals surface area contributed by atoms with E-state index in [1.165, 1.54) is 12.1 Å². The maximum atomic E-state index is 10.8. The first kappa shape index (κ1) is 23.3. The number of furan rings is 1. The predicted molar refractivity (Wildman–Crippen MR) is 128 cm³/mol. The highest BCUT2D eigenvalue weighted by Crippen LogP contribution is 2.35. The molecular formula is C23H20IN3O5. The molecule has 0 aliphatic carbocycles. The molecule has 0 N–H and O–H groups in total. The first-order valence-electron chi connectivity index (χ1n) is 9.70. The summed E-state index contributed by atoms with van der Waals surface area (Å²) in [5.41, 5.74) is 2.78. The average Bonchev–Trinajstić information content (AvgIpc) is 3.05. The summed E-state index contributed by atoms with van der Waals surface area (Å²) >= 11 is 2.15. The van der Waals surface area contributed by atoms with Crippen LogP contribution in [0.2, 0.25) is 0 Å². The van der Waals surface area contributed by atoms with Gasteiger partial charge in [-0.3, -0.25) is 10.1 Å². The van der Waals surface area contributed by atoms with Crippen molar-refractivity contribution in [1.82, 2.24) is 0 Å². The highest BCUT2D eigenvalue weighted by atomic mass is 127. The van der Waals surface area contributed by atoms with Crippen LogP contribution in [-0.2, 0) is 6.61 Å². The van der Waals surface area contributed by atoms with Gasteiger partial charge in [-0.1, -0.05) is 0 Å². The van der Waals surface area contributed by atoms with E-state index in [0.29, 0.717) is 29.4 Å². The van der Waals surface area contributed by atoms with Gasteiger partial charge in [-0.15, -0.1) is 0 Å². The third-order valence-electron chi connectivity index (χ3n) is 4.67. The van der Waals surface area contributed by atoms with Crippen LogP contribution in [0, 0.1) is 38.9 Å². The van der Waals surface area contributed by atoms with Gasteiger partial charge in [0.2, 0.25) is 5.88 Å². The standard InChI is InChI=1S/C23H20IN3O5/c1-4-30-21-10-17(12-26-23-19(11-25)14(2)15(3)32-23)9-20(24)22(21)31-13-16-5-7-18(8-6-16)27(28)29/h5-10,12H,4,13H2,1-3H3. The van der Waals surface area contributed by atoms with Crippen LogP contribution in [0.5, 0.6) is 11.5 Å². The lowest BCUT2D eigenvalue weighted by molar-refractivity contribution is -0.384. The number of nitrogens with zero attached hydrogens (tertiary/aromatic N) is 3. The lowest BCUT2D eigenvalue weighted by Gasteiger charge is -2.14. The van der Waals surface area contributed by atoms with Gasteiger partial charge in [-0.05, 0) is 78.8 Å². The quantitative estimate of drug-likeness (QED) is 0.148. The molecule has 0 aliphatic rings. The molecule has 0 unspecified atom stereocenters. The number of benzene rings is 2. The van der Waals surface area contributed by atoms with Crippen LogP contribution in [-0.4, -0.2) is 17.7 Å². The first-order chi connectivity index (χ1) is 15.3. The van der Waals surface area contributed by atoms with Gasteiger partial charge >= 0.3 is 0 Å². The molecule has 3 rings (SSSR count). The number of nitro benzene ring substituents is 1. The molecule has 164 valence electrons. The number of nitriles is 1. The largest absolute Gasteiger partial charge is 0.490 e. The van der Waals surface area contributed by atoms with Gasteiger partial charge in [0, 0.05) is 23.9 Å². The van der Waals surface area contributed by atoms with Gasteiger partial charge in [0.1, 0.15) is 24.0 Å². The third kappa shape index (κ3) is 5.26. The monoisotopic (exact) mass is 545 g/mol. The van der Waals surface area contributed by atoms with E-state index >= 15 is 0 Å². The molecular weight excluding hydrogens is 525 g/mol. The van der Waals surface area contributed by atoms with E-state index in [1.807, 2.05) is 19.9 Å². The van der Waals surface area contributed by atoms with Gasteiger partial charge in [-0.2, -0.15) is 5.26 Å². The lowest BCUT2D eigenvalue weighted by atomic mass is 10.2. The Morgan fingerprint density at radius 3 is 2.59 bits per heavy atom. The fourth-order valence-corrected chi connectivity index (χ4v) is 3.68. The Bertz CT molecular complexity index is 1210. The topological polar surface area (TPSA) is 111 Å². The minimum atomic E-state index is -0.439. The van der Waals surface area contributed by atoms with Crippen molar-refractivity contribution in [3.8, 4) is 17.6 Å². The minimum Gasteiger partial charge on any atom is -0.490 e. The number of halogens is 1. The van der Waals surface area contributed by atoms with E-state index in [2.05, 4.69) is 33.7 Å². The summed E-state index contributed by atoms with van der Waals surface area (Å²) in [5, 5.41) is 20.2. The number of hydrogen-bond donors (Lipinski definition) is 0. The fourth-order valence-electron chi connectivity index (χ4n) is 2.90. The Morgan fingerprint density at radius 2 is 1.97 bits per heavy atom. The maximum Gasteiger partial charge on any atom is 0.269 e. The summed E-state index contributed by atoms with van der Waals surface area (Å²) < 4.78 is 18.1. The molecule has 32 heavy (non-hydrogen) atoms. The second-order valence-electron chi connectivity index (χ2n) is 6.81. The van der Waals surface area contributed by atoms with Crippen LogP contribution in [0.3, 0.4) is 0 Å². The lowest BCUT2D eigenvalue weighted by Crippen LogP contribution is -2.02. The molecule has 2 aromatic carbocycles. The van der Waals surface area contributed by atoms with Crippen molar-refractivity contribution in [2.45, 2.75) is 27.4 Å². The Balaban J connectivity index is 1.84. The Labute approximate surface area is 198 Å². The van der Waals surface area contributed by atoms with Crippen LogP contribution >= 0.6 is 22.6 Å². The van der Waals surface area contributed by atoms with Crippen LogP contribution in [0.15, 0.2) is 45.8 Å². The summed E-state index contributed by atoms with van der Waals surface area (Å²) in [4.78, 5) is 14.7. The zero-order valence-electron chi connectivity index (χ0n) is 17.7. The number of non-ortho nitro benzene ring substituents is 1. The second-order valence-corrected chi connectivity index (χ2v) is 7.97. The Kier molecular flexibility index (Phi) is 7.48. The number of nitro groups is 1. The molecule has 0 atom stereocenters. The highest BCUT2D eigenvalue weighted by molar-refractivity contribution is 14.1. The third-order valence-corrected chi connectivity index (χ3v) is 5.47. The first-order valence-corrected chi connectivity index (χ1v) is 10.8. The molecule has 9 heteroatoms. The molecule has 0 bridgehead atoms. The fraction of sp³-hybridized carbons (Fsp3) is 0.217. The average molecular weight is 545 g/mol. The van der Waals surface area contributed by atoms with Gasteiger partial charge in [0.15, 0.2) is 11.5 Å². The van der Waals surface area contributed by atoms with Crippen molar-refractivity contribution in [1.29, 1.82) is 5.26 Å². The van der Waals surface area contributed by atoms with Gasteiger partial charge in [-0.25, -0.2) is 4.99 Å². The van der Waals surface area contributed by atoms with E-state index in [9.17, 15) is 15.4 Å². The highest BCUT2D eigenvalue weighted by Gasteiger charge is 2.15. The summed E-state index contributed by atoms with van der Waals surface area (Å²) in [7, 11) is 0. The Hall–Kier alpha value is -3.39. The molecule has 0 spiro atoms. The number of hydrogen-bond acceptors (Lipinski definition) is 7. The van der Waals surface area contributed by atoms with Crippen LogP contribution < -0.4 is 9.47 Å². The molecule has 0 radical (unpaired) electrons. The van der Waals surface area contributed by atoms with Crippen LogP contribution in [0.25, 0.3) is 0 Å². The van der Waals surface area contributed by atoms with E-state index in [1.54, 1.807) is 31.3 Å². The number of aliphatic imine (C=N–C) groups is 1. The molecule has 1 aromatic heterocycles. The van der Waals surface area contributed by atoms with Crippen molar-refractivity contribution < 1.29 is 18.8 Å². The Morgan fingerprint density at radius 1 is 1.25 bits per heavy atom.